The van der Waals surface area contributed by atoms with E-state index < -0.39 is 23.3 Å². The molecular weight excluding hydrogens is 520 g/mol. The summed E-state index contributed by atoms with van der Waals surface area (Å²) in [7, 11) is 2.84. The summed E-state index contributed by atoms with van der Waals surface area (Å²) in [6, 6.07) is 6.33. The highest BCUT2D eigenvalue weighted by Crippen LogP contribution is 2.20. The average molecular weight is 545 g/mol. The lowest BCUT2D eigenvalue weighted by Gasteiger charge is -2.13. The number of carbonyl (C=O) groups excluding carboxylic acids is 2. The summed E-state index contributed by atoms with van der Waals surface area (Å²) in [6.45, 7) is 1.25. The fraction of sp³-hybridized carbons (Fsp3) is 0.240. The molecule has 1 amide bonds. The number of fused-ring (bicyclic) bond motifs is 1. The molecule has 1 N–H and O–H groups in total. The minimum Gasteiger partial charge on any atom is -0.458 e. The van der Waals surface area contributed by atoms with Gasteiger partial charge < -0.3 is 14.6 Å². The monoisotopic (exact) mass is 544 g/mol. The molecule has 0 saturated carbocycles. The van der Waals surface area contributed by atoms with Crippen LogP contribution in [0.5, 0.6) is 0 Å². The van der Waals surface area contributed by atoms with Crippen LogP contribution in [0.15, 0.2) is 65.1 Å². The zero-order valence-corrected chi connectivity index (χ0v) is 21.8. The lowest BCUT2D eigenvalue weighted by atomic mass is 10.1. The van der Waals surface area contributed by atoms with E-state index in [1.165, 1.54) is 46.8 Å². The molecular formula is C25H24N10O5. The highest BCUT2D eigenvalue weighted by atomic mass is 16.5. The molecule has 1 unspecified atom stereocenters. The third-order valence-corrected chi connectivity index (χ3v) is 6.25. The van der Waals surface area contributed by atoms with Crippen LogP contribution in [0, 0.1) is 0 Å². The molecule has 0 aliphatic carbocycles. The maximum atomic E-state index is 12.7. The quantitative estimate of drug-likeness (QED) is 0.270. The summed E-state index contributed by atoms with van der Waals surface area (Å²) in [5.41, 5.74) is 1.89. The molecule has 5 aromatic rings. The van der Waals surface area contributed by atoms with E-state index in [1.807, 2.05) is 12.1 Å². The fourth-order valence-corrected chi connectivity index (χ4v) is 4.06. The summed E-state index contributed by atoms with van der Waals surface area (Å²) in [5, 5.41) is 10.6. The molecule has 1 aromatic carbocycles. The third kappa shape index (κ3) is 5.11. The van der Waals surface area contributed by atoms with Crippen LogP contribution >= 0.6 is 0 Å². The number of hydrogen-bond acceptors (Lipinski definition) is 10. The SMILES string of the molecule is CC(C(=O)OCc1cn(CC(=O)Nc2ccc(-c3cncnc3)cc2)nn1)n1cnc2c1c(=O)n(C)c(=O)n2C. The molecule has 204 valence electrons. The highest BCUT2D eigenvalue weighted by molar-refractivity contribution is 5.90. The van der Waals surface area contributed by atoms with Gasteiger partial charge in [0.25, 0.3) is 5.56 Å². The van der Waals surface area contributed by atoms with Gasteiger partial charge in [-0.2, -0.15) is 0 Å². The van der Waals surface area contributed by atoms with Gasteiger partial charge in [-0.3, -0.25) is 18.7 Å². The van der Waals surface area contributed by atoms with Crippen molar-refractivity contribution in [1.29, 1.82) is 0 Å². The lowest BCUT2D eigenvalue weighted by molar-refractivity contribution is -0.148. The minimum absolute atomic E-state index is 0.103. The Kier molecular flexibility index (Phi) is 7.01. The van der Waals surface area contributed by atoms with Crippen LogP contribution < -0.4 is 16.6 Å². The van der Waals surface area contributed by atoms with Crippen molar-refractivity contribution < 1.29 is 14.3 Å². The molecule has 0 fully saturated rings. The minimum atomic E-state index is -0.906. The first-order valence-corrected chi connectivity index (χ1v) is 12.1. The van der Waals surface area contributed by atoms with E-state index in [4.69, 9.17) is 4.74 Å². The van der Waals surface area contributed by atoms with Gasteiger partial charge in [0.1, 0.15) is 31.2 Å². The predicted octanol–water partition coefficient (Wildman–Crippen LogP) is 0.425. The maximum absolute atomic E-state index is 12.7. The van der Waals surface area contributed by atoms with Gasteiger partial charge in [0.2, 0.25) is 5.91 Å². The molecule has 0 aliphatic rings. The number of aryl methyl sites for hydroxylation is 1. The number of esters is 1. The number of anilines is 1. The number of amides is 1. The van der Waals surface area contributed by atoms with Crippen molar-refractivity contribution in [1.82, 2.24) is 43.6 Å². The van der Waals surface area contributed by atoms with Crippen LogP contribution in [-0.2, 0) is 41.6 Å². The normalized spacial score (nSPS) is 11.9. The Morgan fingerprint density at radius 3 is 2.48 bits per heavy atom. The Bertz CT molecular complexity index is 1820. The van der Waals surface area contributed by atoms with Gasteiger partial charge in [-0.25, -0.2) is 29.2 Å². The Morgan fingerprint density at radius 2 is 1.75 bits per heavy atom. The van der Waals surface area contributed by atoms with Crippen molar-refractivity contribution in [2.45, 2.75) is 26.1 Å². The molecule has 40 heavy (non-hydrogen) atoms. The smallest absolute Gasteiger partial charge is 0.332 e. The van der Waals surface area contributed by atoms with Crippen molar-refractivity contribution in [2.75, 3.05) is 5.32 Å². The van der Waals surface area contributed by atoms with Gasteiger partial charge in [-0.15, -0.1) is 5.10 Å². The van der Waals surface area contributed by atoms with Gasteiger partial charge in [0.05, 0.1) is 12.5 Å². The van der Waals surface area contributed by atoms with Crippen molar-refractivity contribution in [3.05, 3.63) is 82.0 Å². The third-order valence-electron chi connectivity index (χ3n) is 6.25. The molecule has 4 aromatic heterocycles. The van der Waals surface area contributed by atoms with Crippen LogP contribution in [0.3, 0.4) is 0 Å². The van der Waals surface area contributed by atoms with Crippen LogP contribution in [0.2, 0.25) is 0 Å². The summed E-state index contributed by atoms with van der Waals surface area (Å²) in [4.78, 5) is 62.1. The van der Waals surface area contributed by atoms with Crippen LogP contribution in [0.25, 0.3) is 22.3 Å². The second-order valence-corrected chi connectivity index (χ2v) is 8.97. The molecule has 5 rings (SSSR count). The maximum Gasteiger partial charge on any atom is 0.332 e. The van der Waals surface area contributed by atoms with Gasteiger partial charge in [-0.1, -0.05) is 17.3 Å². The summed E-state index contributed by atoms with van der Waals surface area (Å²) in [6.07, 6.45) is 7.67. The van der Waals surface area contributed by atoms with E-state index >= 15 is 0 Å². The average Bonchev–Trinajstić information content (AvgIpc) is 3.61. The molecule has 15 nitrogen and oxygen atoms in total. The van der Waals surface area contributed by atoms with E-state index in [-0.39, 0.29) is 30.2 Å². The molecule has 1 atom stereocenters. The molecule has 0 spiro atoms. The number of carbonyl (C=O) groups is 2. The number of nitrogens with zero attached hydrogens (tertiary/aromatic N) is 9. The molecule has 0 bridgehead atoms. The van der Waals surface area contributed by atoms with Crippen molar-refractivity contribution >= 4 is 28.7 Å². The second-order valence-electron chi connectivity index (χ2n) is 8.97. The first-order valence-electron chi connectivity index (χ1n) is 12.1. The topological polar surface area (TPSA) is 174 Å². The number of hydrogen-bond donors (Lipinski definition) is 1. The van der Waals surface area contributed by atoms with Gasteiger partial charge >= 0.3 is 11.7 Å². The Labute approximate surface area is 225 Å². The first kappa shape index (κ1) is 26.1. The van der Waals surface area contributed by atoms with Gasteiger partial charge in [0.15, 0.2) is 11.2 Å². The largest absolute Gasteiger partial charge is 0.458 e. The van der Waals surface area contributed by atoms with E-state index in [9.17, 15) is 19.2 Å². The number of nitrogens with one attached hydrogen (secondary N) is 1. The van der Waals surface area contributed by atoms with E-state index in [2.05, 4.69) is 30.6 Å². The number of rotatable bonds is 8. The van der Waals surface area contributed by atoms with E-state index in [1.54, 1.807) is 31.5 Å². The van der Waals surface area contributed by atoms with Gasteiger partial charge in [-0.05, 0) is 24.6 Å². The van der Waals surface area contributed by atoms with Crippen LogP contribution in [-0.4, -0.2) is 55.5 Å². The molecule has 0 aliphatic heterocycles. The number of aromatic nitrogens is 9. The number of imidazole rings is 1. The van der Waals surface area contributed by atoms with Crippen molar-refractivity contribution in [2.24, 2.45) is 14.1 Å². The highest BCUT2D eigenvalue weighted by Gasteiger charge is 2.23. The zero-order valence-electron chi connectivity index (χ0n) is 21.8. The second kappa shape index (κ2) is 10.7. The first-order chi connectivity index (χ1) is 19.2. The fourth-order valence-electron chi connectivity index (χ4n) is 4.06. The predicted molar refractivity (Wildman–Crippen MR) is 141 cm³/mol. The van der Waals surface area contributed by atoms with E-state index in [0.29, 0.717) is 11.4 Å². The standard InChI is InChI=1S/C25H24N10O5/c1-15(35-14-28-22-21(35)23(37)33(3)25(39)32(22)2)24(38)40-12-19-10-34(31-30-19)11-20(36)29-18-6-4-16(5-7-18)17-8-26-13-27-9-17/h4-10,13-15H,11-12H2,1-3H3,(H,29,36). The summed E-state index contributed by atoms with van der Waals surface area (Å²) >= 11 is 0. The Balaban J connectivity index is 1.17. The zero-order chi connectivity index (χ0) is 28.4. The Hall–Kier alpha value is -5.47. The summed E-state index contributed by atoms with van der Waals surface area (Å²) in [5.74, 6) is -0.964. The Morgan fingerprint density at radius 1 is 1.02 bits per heavy atom. The molecule has 15 heteroatoms. The molecule has 0 saturated heterocycles. The van der Waals surface area contributed by atoms with E-state index in [0.717, 1.165) is 15.7 Å². The number of ether oxygens (including phenoxy) is 1. The molecule has 4 heterocycles. The van der Waals surface area contributed by atoms with Crippen LogP contribution in [0.4, 0.5) is 5.69 Å². The lowest BCUT2D eigenvalue weighted by Crippen LogP contribution is -2.38. The van der Waals surface area contributed by atoms with Crippen molar-refractivity contribution in [3.8, 4) is 11.1 Å². The molecule has 0 radical (unpaired) electrons. The number of benzene rings is 1. The van der Waals surface area contributed by atoms with Crippen LogP contribution in [0.1, 0.15) is 18.7 Å². The van der Waals surface area contributed by atoms with Crippen molar-refractivity contribution in [3.63, 3.8) is 0 Å². The summed E-state index contributed by atoms with van der Waals surface area (Å²) < 4.78 is 10.2. The van der Waals surface area contributed by atoms with Gasteiger partial charge in [0, 0.05) is 37.7 Å².